The Kier molecular flexibility index (Phi) is 5.58. The lowest BCUT2D eigenvalue weighted by Gasteiger charge is -2.44. The van der Waals surface area contributed by atoms with E-state index in [0.29, 0.717) is 5.25 Å². The zero-order valence-electron chi connectivity index (χ0n) is 13.6. The van der Waals surface area contributed by atoms with Gasteiger partial charge < -0.3 is 10.2 Å². The third kappa shape index (κ3) is 3.38. The van der Waals surface area contributed by atoms with Gasteiger partial charge in [0.05, 0.1) is 0 Å². The molecule has 2 fully saturated rings. The highest BCUT2D eigenvalue weighted by atomic mass is 32.2. The molecule has 0 aromatic heterocycles. The summed E-state index contributed by atoms with van der Waals surface area (Å²) in [5.74, 6) is 0.336. The zero-order valence-corrected chi connectivity index (χ0v) is 14.4. The van der Waals surface area contributed by atoms with Gasteiger partial charge in [-0.3, -0.25) is 9.59 Å². The van der Waals surface area contributed by atoms with Crippen LogP contribution in [-0.2, 0) is 9.59 Å². The van der Waals surface area contributed by atoms with Crippen LogP contribution >= 0.6 is 11.8 Å². The van der Waals surface area contributed by atoms with Gasteiger partial charge in [0.2, 0.25) is 11.8 Å². The fourth-order valence-electron chi connectivity index (χ4n) is 3.66. The number of thioether (sulfide) groups is 1. The lowest BCUT2D eigenvalue weighted by atomic mass is 9.93. The van der Waals surface area contributed by atoms with Gasteiger partial charge >= 0.3 is 0 Å². The molecule has 1 saturated heterocycles. The van der Waals surface area contributed by atoms with Crippen LogP contribution in [0.2, 0.25) is 0 Å². The van der Waals surface area contributed by atoms with Gasteiger partial charge in [-0.1, -0.05) is 27.2 Å². The highest BCUT2D eigenvalue weighted by Crippen LogP contribution is 2.35. The van der Waals surface area contributed by atoms with Gasteiger partial charge in [0.15, 0.2) is 0 Å². The number of nitrogens with one attached hydrogen (secondary N) is 1. The molecule has 1 heterocycles. The molecule has 0 radical (unpaired) electrons. The Labute approximate surface area is 132 Å². The zero-order chi connectivity index (χ0) is 15.6. The van der Waals surface area contributed by atoms with Gasteiger partial charge in [-0.05, 0) is 37.9 Å². The molecule has 0 bridgehead atoms. The Morgan fingerprint density at radius 3 is 2.57 bits per heavy atom. The van der Waals surface area contributed by atoms with Crippen LogP contribution in [0.5, 0.6) is 0 Å². The number of amides is 2. The number of hydrogen-bond donors (Lipinski definition) is 1. The van der Waals surface area contributed by atoms with E-state index in [1.165, 1.54) is 0 Å². The van der Waals surface area contributed by atoms with Crippen LogP contribution in [0.15, 0.2) is 0 Å². The molecule has 1 aliphatic carbocycles. The molecule has 5 heteroatoms. The summed E-state index contributed by atoms with van der Waals surface area (Å²) in [5.41, 5.74) is 0. The first-order valence-corrected chi connectivity index (χ1v) is 9.43. The SMILES string of the molecule is CCCC1NC(=O)C(C(C)C)N(C2CCC(SC)C2)C1=O. The molecule has 4 atom stereocenters. The monoisotopic (exact) mass is 312 g/mol. The van der Waals surface area contributed by atoms with E-state index in [0.717, 1.165) is 32.1 Å². The molecular formula is C16H28N2O2S. The first kappa shape index (κ1) is 16.7. The quantitative estimate of drug-likeness (QED) is 0.848. The van der Waals surface area contributed by atoms with Crippen molar-refractivity contribution in [1.29, 1.82) is 0 Å². The predicted molar refractivity (Wildman–Crippen MR) is 87.3 cm³/mol. The lowest BCUT2D eigenvalue weighted by molar-refractivity contribution is -0.154. The van der Waals surface area contributed by atoms with Crippen LogP contribution < -0.4 is 5.32 Å². The van der Waals surface area contributed by atoms with Gasteiger partial charge in [-0.15, -0.1) is 0 Å². The maximum atomic E-state index is 12.9. The van der Waals surface area contributed by atoms with Crippen molar-refractivity contribution in [2.24, 2.45) is 5.92 Å². The lowest BCUT2D eigenvalue weighted by Crippen LogP contribution is -2.66. The second-order valence-electron chi connectivity index (χ2n) is 6.61. The minimum Gasteiger partial charge on any atom is -0.342 e. The number of piperazine rings is 1. The molecule has 2 amide bonds. The maximum absolute atomic E-state index is 12.9. The summed E-state index contributed by atoms with van der Waals surface area (Å²) in [5, 5.41) is 3.57. The summed E-state index contributed by atoms with van der Waals surface area (Å²) in [6.07, 6.45) is 7.01. The Morgan fingerprint density at radius 2 is 2.05 bits per heavy atom. The van der Waals surface area contributed by atoms with Crippen LogP contribution in [-0.4, -0.2) is 46.3 Å². The number of carbonyl (C=O) groups is 2. The van der Waals surface area contributed by atoms with Crippen molar-refractivity contribution in [3.8, 4) is 0 Å². The van der Waals surface area contributed by atoms with Crippen LogP contribution in [0.4, 0.5) is 0 Å². The molecule has 4 unspecified atom stereocenters. The van der Waals surface area contributed by atoms with E-state index >= 15 is 0 Å². The number of rotatable bonds is 5. The van der Waals surface area contributed by atoms with E-state index in [4.69, 9.17) is 0 Å². The summed E-state index contributed by atoms with van der Waals surface area (Å²) < 4.78 is 0. The van der Waals surface area contributed by atoms with Crippen molar-refractivity contribution >= 4 is 23.6 Å². The number of nitrogens with zero attached hydrogens (tertiary/aromatic N) is 1. The van der Waals surface area contributed by atoms with Gasteiger partial charge in [0.1, 0.15) is 12.1 Å². The Morgan fingerprint density at radius 1 is 1.33 bits per heavy atom. The van der Waals surface area contributed by atoms with E-state index in [2.05, 4.69) is 18.5 Å². The van der Waals surface area contributed by atoms with Crippen molar-refractivity contribution in [2.75, 3.05) is 6.26 Å². The van der Waals surface area contributed by atoms with Crippen molar-refractivity contribution in [2.45, 2.75) is 76.3 Å². The van der Waals surface area contributed by atoms with Gasteiger partial charge in [0.25, 0.3) is 0 Å². The average molecular weight is 312 g/mol. The summed E-state index contributed by atoms with van der Waals surface area (Å²) in [6, 6.07) is -0.366. The summed E-state index contributed by atoms with van der Waals surface area (Å²) in [6.45, 7) is 6.12. The van der Waals surface area contributed by atoms with E-state index in [9.17, 15) is 9.59 Å². The van der Waals surface area contributed by atoms with Crippen molar-refractivity contribution < 1.29 is 9.59 Å². The van der Waals surface area contributed by atoms with E-state index in [1.54, 1.807) is 0 Å². The van der Waals surface area contributed by atoms with Gasteiger partial charge in [-0.25, -0.2) is 0 Å². The number of hydrogen-bond acceptors (Lipinski definition) is 3. The van der Waals surface area contributed by atoms with Crippen molar-refractivity contribution in [3.63, 3.8) is 0 Å². The van der Waals surface area contributed by atoms with Crippen LogP contribution in [0, 0.1) is 5.92 Å². The second-order valence-corrected chi connectivity index (χ2v) is 7.75. The molecule has 0 spiro atoms. The van der Waals surface area contributed by atoms with E-state index in [-0.39, 0.29) is 35.9 Å². The molecule has 2 rings (SSSR count). The minimum absolute atomic E-state index is 0.0376. The standard InChI is InChI=1S/C16H28N2O2S/c1-5-6-13-16(20)18(11-7-8-12(9-11)21-4)14(10(2)3)15(19)17-13/h10-14H,5-9H2,1-4H3,(H,17,19). The molecule has 0 aromatic carbocycles. The Bertz CT molecular complexity index is 400. The third-order valence-corrected chi connectivity index (χ3v) is 5.82. The Hall–Kier alpha value is -0.710. The molecule has 1 N–H and O–H groups in total. The Balaban J connectivity index is 2.22. The first-order chi connectivity index (χ1) is 9.99. The van der Waals surface area contributed by atoms with Crippen LogP contribution in [0.25, 0.3) is 0 Å². The van der Waals surface area contributed by atoms with Gasteiger partial charge in [-0.2, -0.15) is 11.8 Å². The molecule has 2 aliphatic rings. The van der Waals surface area contributed by atoms with E-state index in [1.807, 2.05) is 30.5 Å². The summed E-state index contributed by atoms with van der Waals surface area (Å²) >= 11 is 1.88. The third-order valence-electron chi connectivity index (χ3n) is 4.73. The second kappa shape index (κ2) is 7.03. The topological polar surface area (TPSA) is 49.4 Å². The molecular weight excluding hydrogens is 284 g/mol. The van der Waals surface area contributed by atoms with Crippen LogP contribution in [0.1, 0.15) is 52.9 Å². The van der Waals surface area contributed by atoms with Crippen molar-refractivity contribution in [3.05, 3.63) is 0 Å². The molecule has 0 aromatic rings. The minimum atomic E-state index is -0.314. The van der Waals surface area contributed by atoms with E-state index < -0.39 is 0 Å². The normalized spacial score (nSPS) is 33.7. The fourth-order valence-corrected chi connectivity index (χ4v) is 4.45. The average Bonchev–Trinajstić information content (AvgIpc) is 2.90. The molecule has 1 aliphatic heterocycles. The molecule has 120 valence electrons. The van der Waals surface area contributed by atoms with Gasteiger partial charge in [0, 0.05) is 11.3 Å². The number of carbonyl (C=O) groups excluding carboxylic acids is 2. The van der Waals surface area contributed by atoms with Crippen LogP contribution in [0.3, 0.4) is 0 Å². The molecule has 4 nitrogen and oxygen atoms in total. The van der Waals surface area contributed by atoms with Crippen molar-refractivity contribution in [1.82, 2.24) is 10.2 Å². The molecule has 1 saturated carbocycles. The summed E-state index contributed by atoms with van der Waals surface area (Å²) in [4.78, 5) is 27.3. The first-order valence-electron chi connectivity index (χ1n) is 8.14. The summed E-state index contributed by atoms with van der Waals surface area (Å²) in [7, 11) is 0. The fraction of sp³-hybridized carbons (Fsp3) is 0.875. The highest BCUT2D eigenvalue weighted by Gasteiger charge is 2.46. The molecule has 21 heavy (non-hydrogen) atoms. The smallest absolute Gasteiger partial charge is 0.246 e. The largest absolute Gasteiger partial charge is 0.342 e. The predicted octanol–water partition coefficient (Wildman–Crippen LogP) is 2.42. The maximum Gasteiger partial charge on any atom is 0.246 e. The highest BCUT2D eigenvalue weighted by molar-refractivity contribution is 7.99.